The molecule has 0 spiro atoms. The third kappa shape index (κ3) is 3.04. The molecule has 0 amide bonds. The molecule has 1 saturated heterocycles. The average Bonchev–Trinajstić information content (AvgIpc) is 2.52. The second-order valence-electron chi connectivity index (χ2n) is 6.60. The zero-order valence-corrected chi connectivity index (χ0v) is 13.1. The average molecular weight is 315 g/mol. The van der Waals surface area contributed by atoms with Crippen LogP contribution < -0.4 is 5.32 Å². The van der Waals surface area contributed by atoms with Gasteiger partial charge in [0.25, 0.3) is 0 Å². The van der Waals surface area contributed by atoms with Crippen molar-refractivity contribution < 1.29 is 13.6 Å². The SMILES string of the molecule is CC1(C)C(=O)CC(c2ccc(F)cc2)NC1c1ccc(F)cc1. The zero-order valence-electron chi connectivity index (χ0n) is 13.1. The van der Waals surface area contributed by atoms with Crippen molar-refractivity contribution in [3.8, 4) is 0 Å². The summed E-state index contributed by atoms with van der Waals surface area (Å²) < 4.78 is 26.3. The molecule has 0 aliphatic carbocycles. The van der Waals surface area contributed by atoms with Gasteiger partial charge in [-0.25, -0.2) is 8.78 Å². The molecule has 1 aliphatic rings. The maximum atomic E-state index is 13.2. The Morgan fingerprint density at radius 2 is 1.39 bits per heavy atom. The van der Waals surface area contributed by atoms with Crippen LogP contribution >= 0.6 is 0 Å². The van der Waals surface area contributed by atoms with E-state index in [-0.39, 0.29) is 29.5 Å². The molecule has 2 atom stereocenters. The molecule has 0 aromatic heterocycles. The fourth-order valence-electron chi connectivity index (χ4n) is 3.16. The van der Waals surface area contributed by atoms with Gasteiger partial charge in [0, 0.05) is 23.9 Å². The third-order valence-electron chi connectivity index (χ3n) is 4.67. The summed E-state index contributed by atoms with van der Waals surface area (Å²) in [5, 5.41) is 3.48. The van der Waals surface area contributed by atoms with Gasteiger partial charge in [0.15, 0.2) is 0 Å². The molecule has 0 radical (unpaired) electrons. The Bertz CT molecular complexity index is 707. The van der Waals surface area contributed by atoms with E-state index >= 15 is 0 Å². The predicted molar refractivity (Wildman–Crippen MR) is 84.8 cm³/mol. The van der Waals surface area contributed by atoms with E-state index in [2.05, 4.69) is 5.32 Å². The van der Waals surface area contributed by atoms with Crippen molar-refractivity contribution in [3.05, 3.63) is 71.3 Å². The number of carbonyl (C=O) groups is 1. The fraction of sp³-hybridized carbons (Fsp3) is 0.316. The number of halogens is 2. The summed E-state index contributed by atoms with van der Waals surface area (Å²) in [6, 6.07) is 12.0. The second-order valence-corrected chi connectivity index (χ2v) is 6.60. The number of carbonyl (C=O) groups excluding carboxylic acids is 1. The first kappa shape index (κ1) is 15.8. The van der Waals surface area contributed by atoms with E-state index in [1.807, 2.05) is 13.8 Å². The van der Waals surface area contributed by atoms with Crippen molar-refractivity contribution in [2.75, 3.05) is 0 Å². The van der Waals surface area contributed by atoms with Crippen molar-refractivity contribution in [1.82, 2.24) is 5.32 Å². The molecule has 1 aliphatic heterocycles. The molecular weight excluding hydrogens is 296 g/mol. The van der Waals surface area contributed by atoms with Gasteiger partial charge in [0.1, 0.15) is 17.4 Å². The van der Waals surface area contributed by atoms with E-state index in [9.17, 15) is 13.6 Å². The van der Waals surface area contributed by atoms with Crippen LogP contribution in [0.25, 0.3) is 0 Å². The van der Waals surface area contributed by atoms with Gasteiger partial charge in [-0.05, 0) is 35.4 Å². The minimum atomic E-state index is -0.589. The maximum Gasteiger partial charge on any atom is 0.142 e. The van der Waals surface area contributed by atoms with Crippen LogP contribution in [-0.4, -0.2) is 5.78 Å². The number of hydrogen-bond acceptors (Lipinski definition) is 2. The lowest BCUT2D eigenvalue weighted by molar-refractivity contribution is -0.132. The Labute approximate surface area is 134 Å². The normalized spacial score (nSPS) is 23.7. The third-order valence-corrected chi connectivity index (χ3v) is 4.67. The molecule has 23 heavy (non-hydrogen) atoms. The van der Waals surface area contributed by atoms with E-state index in [1.165, 1.54) is 24.3 Å². The molecule has 1 heterocycles. The van der Waals surface area contributed by atoms with Crippen molar-refractivity contribution in [2.24, 2.45) is 5.41 Å². The summed E-state index contributed by atoms with van der Waals surface area (Å²) in [5.41, 5.74) is 1.16. The van der Waals surface area contributed by atoms with Crippen molar-refractivity contribution >= 4 is 5.78 Å². The number of piperidine rings is 1. The predicted octanol–water partition coefficient (Wildman–Crippen LogP) is 4.34. The highest BCUT2D eigenvalue weighted by Crippen LogP contribution is 2.42. The van der Waals surface area contributed by atoms with Crippen LogP contribution in [0.2, 0.25) is 0 Å². The molecule has 120 valence electrons. The van der Waals surface area contributed by atoms with Crippen molar-refractivity contribution in [3.63, 3.8) is 0 Å². The van der Waals surface area contributed by atoms with Gasteiger partial charge in [0.05, 0.1) is 0 Å². The van der Waals surface area contributed by atoms with Gasteiger partial charge in [-0.2, -0.15) is 0 Å². The number of rotatable bonds is 2. The highest BCUT2D eigenvalue weighted by molar-refractivity contribution is 5.86. The van der Waals surface area contributed by atoms with Crippen LogP contribution in [0.4, 0.5) is 8.78 Å². The van der Waals surface area contributed by atoms with Crippen molar-refractivity contribution in [1.29, 1.82) is 0 Å². The first-order chi connectivity index (χ1) is 10.9. The summed E-state index contributed by atoms with van der Waals surface area (Å²) in [6.45, 7) is 3.80. The Morgan fingerprint density at radius 3 is 1.91 bits per heavy atom. The Kier molecular flexibility index (Phi) is 4.02. The van der Waals surface area contributed by atoms with E-state index in [0.29, 0.717) is 6.42 Å². The van der Waals surface area contributed by atoms with E-state index < -0.39 is 5.41 Å². The van der Waals surface area contributed by atoms with Gasteiger partial charge in [-0.15, -0.1) is 0 Å². The van der Waals surface area contributed by atoms with Crippen LogP contribution in [0.3, 0.4) is 0 Å². The van der Waals surface area contributed by atoms with E-state index in [0.717, 1.165) is 11.1 Å². The largest absolute Gasteiger partial charge is 0.302 e. The monoisotopic (exact) mass is 315 g/mol. The van der Waals surface area contributed by atoms with Crippen LogP contribution in [-0.2, 0) is 4.79 Å². The van der Waals surface area contributed by atoms with Gasteiger partial charge in [0.2, 0.25) is 0 Å². The highest BCUT2D eigenvalue weighted by Gasteiger charge is 2.43. The van der Waals surface area contributed by atoms with Crippen LogP contribution in [0, 0.1) is 17.0 Å². The first-order valence-corrected chi connectivity index (χ1v) is 7.68. The molecule has 0 bridgehead atoms. The number of Topliss-reactive ketones (excluding diaryl/α,β-unsaturated/α-hetero) is 1. The van der Waals surface area contributed by atoms with Gasteiger partial charge in [-0.3, -0.25) is 4.79 Å². The molecule has 3 rings (SSSR count). The van der Waals surface area contributed by atoms with E-state index in [4.69, 9.17) is 0 Å². The second kappa shape index (κ2) is 5.85. The lowest BCUT2D eigenvalue weighted by Gasteiger charge is -2.42. The van der Waals surface area contributed by atoms with Crippen LogP contribution in [0.5, 0.6) is 0 Å². The molecular formula is C19H19F2NO. The number of hydrogen-bond donors (Lipinski definition) is 1. The fourth-order valence-corrected chi connectivity index (χ4v) is 3.16. The Balaban J connectivity index is 1.94. The van der Waals surface area contributed by atoms with Gasteiger partial charge in [-0.1, -0.05) is 38.1 Å². The minimum Gasteiger partial charge on any atom is -0.302 e. The summed E-state index contributed by atoms with van der Waals surface area (Å²) in [4.78, 5) is 12.6. The number of benzene rings is 2. The van der Waals surface area contributed by atoms with Gasteiger partial charge < -0.3 is 5.32 Å². The standard InChI is InChI=1S/C19H19F2NO/c1-19(2)17(23)11-16(12-3-7-14(20)8-4-12)22-18(19)13-5-9-15(21)10-6-13/h3-10,16,18,22H,11H2,1-2H3. The lowest BCUT2D eigenvalue weighted by atomic mass is 9.71. The summed E-state index contributed by atoms with van der Waals surface area (Å²) >= 11 is 0. The lowest BCUT2D eigenvalue weighted by Crippen LogP contribution is -2.47. The maximum absolute atomic E-state index is 13.2. The quantitative estimate of drug-likeness (QED) is 0.893. The summed E-state index contributed by atoms with van der Waals surface area (Å²) in [7, 11) is 0. The molecule has 4 heteroatoms. The van der Waals surface area contributed by atoms with E-state index in [1.54, 1.807) is 24.3 Å². The summed E-state index contributed by atoms with van der Waals surface area (Å²) in [6.07, 6.45) is 0.357. The van der Waals surface area contributed by atoms with Crippen molar-refractivity contribution in [2.45, 2.75) is 32.4 Å². The topological polar surface area (TPSA) is 29.1 Å². The van der Waals surface area contributed by atoms with Gasteiger partial charge >= 0.3 is 0 Å². The van der Waals surface area contributed by atoms with Crippen LogP contribution in [0.15, 0.2) is 48.5 Å². The number of ketones is 1. The molecule has 2 unspecified atom stereocenters. The highest BCUT2D eigenvalue weighted by atomic mass is 19.1. The Morgan fingerprint density at radius 1 is 0.913 bits per heavy atom. The molecule has 2 nitrogen and oxygen atoms in total. The number of nitrogens with one attached hydrogen (secondary N) is 1. The summed E-state index contributed by atoms with van der Waals surface area (Å²) in [5.74, 6) is -0.463. The molecule has 1 N–H and O–H groups in total. The molecule has 0 saturated carbocycles. The zero-order chi connectivity index (χ0) is 16.6. The Hall–Kier alpha value is -2.07. The molecule has 2 aromatic carbocycles. The smallest absolute Gasteiger partial charge is 0.142 e. The van der Waals surface area contributed by atoms with Crippen LogP contribution in [0.1, 0.15) is 43.5 Å². The molecule has 1 fully saturated rings. The molecule has 2 aromatic rings. The first-order valence-electron chi connectivity index (χ1n) is 7.68. The minimum absolute atomic E-state index is 0.139.